The van der Waals surface area contributed by atoms with Gasteiger partial charge in [0.05, 0.1) is 0 Å². The number of benzene rings is 2. The van der Waals surface area contributed by atoms with Crippen molar-refractivity contribution in [3.05, 3.63) is 68.4 Å². The molecule has 0 saturated heterocycles. The average molecular weight is 357 g/mol. The van der Waals surface area contributed by atoms with Gasteiger partial charge in [-0.25, -0.2) is 4.39 Å². The van der Waals surface area contributed by atoms with Crippen molar-refractivity contribution in [3.63, 3.8) is 0 Å². The molecule has 2 rings (SSSR count). The van der Waals surface area contributed by atoms with Crippen LogP contribution in [0.15, 0.2) is 40.9 Å². The Bertz CT molecular complexity index is 615. The number of nitrogens with one attached hydrogen (secondary N) is 1. The van der Waals surface area contributed by atoms with Crippen molar-refractivity contribution in [2.45, 2.75) is 19.4 Å². The van der Waals surface area contributed by atoms with E-state index in [1.54, 1.807) is 12.1 Å². The molecule has 0 fully saturated rings. The van der Waals surface area contributed by atoms with Gasteiger partial charge in [0.25, 0.3) is 0 Å². The van der Waals surface area contributed by atoms with Crippen molar-refractivity contribution in [1.29, 1.82) is 0 Å². The first-order valence-corrected chi connectivity index (χ1v) is 7.55. The van der Waals surface area contributed by atoms with Gasteiger partial charge in [-0.3, -0.25) is 0 Å². The second-order valence-electron chi connectivity index (χ2n) is 4.79. The summed E-state index contributed by atoms with van der Waals surface area (Å²) in [4.78, 5) is 0. The van der Waals surface area contributed by atoms with E-state index in [0.29, 0.717) is 6.42 Å². The highest BCUT2D eigenvalue weighted by molar-refractivity contribution is 9.10. The Morgan fingerprint density at radius 1 is 1.25 bits per heavy atom. The molecular weight excluding hydrogens is 341 g/mol. The van der Waals surface area contributed by atoms with Crippen molar-refractivity contribution in [2.24, 2.45) is 0 Å². The van der Waals surface area contributed by atoms with Crippen molar-refractivity contribution >= 4 is 27.5 Å². The molecule has 1 unspecified atom stereocenters. The first-order chi connectivity index (χ1) is 9.51. The summed E-state index contributed by atoms with van der Waals surface area (Å²) >= 11 is 9.53. The standard InChI is InChI=1S/C16H16BrClFN/c1-10-7-11(3-6-15(10)18)16(20-2)9-12-8-13(19)4-5-14(12)17/h3-8,16,20H,9H2,1-2H3. The van der Waals surface area contributed by atoms with E-state index in [2.05, 4.69) is 27.3 Å². The largest absolute Gasteiger partial charge is 0.313 e. The molecule has 0 bridgehead atoms. The van der Waals surface area contributed by atoms with Crippen LogP contribution in [-0.2, 0) is 6.42 Å². The van der Waals surface area contributed by atoms with Crippen LogP contribution in [0.3, 0.4) is 0 Å². The maximum Gasteiger partial charge on any atom is 0.123 e. The topological polar surface area (TPSA) is 12.0 Å². The Morgan fingerprint density at radius 2 is 2.00 bits per heavy atom. The Morgan fingerprint density at radius 3 is 2.65 bits per heavy atom. The lowest BCUT2D eigenvalue weighted by Crippen LogP contribution is -2.19. The SMILES string of the molecule is CNC(Cc1cc(F)ccc1Br)c1ccc(Cl)c(C)c1. The van der Waals surface area contributed by atoms with Crippen LogP contribution in [0, 0.1) is 12.7 Å². The van der Waals surface area contributed by atoms with Crippen LogP contribution in [0.1, 0.15) is 22.7 Å². The third kappa shape index (κ3) is 3.60. The summed E-state index contributed by atoms with van der Waals surface area (Å²) in [5.74, 6) is -0.217. The predicted molar refractivity (Wildman–Crippen MR) is 85.8 cm³/mol. The smallest absolute Gasteiger partial charge is 0.123 e. The van der Waals surface area contributed by atoms with Crippen LogP contribution in [-0.4, -0.2) is 7.05 Å². The number of rotatable bonds is 4. The number of hydrogen-bond donors (Lipinski definition) is 1. The van der Waals surface area contributed by atoms with Crippen molar-refractivity contribution in [3.8, 4) is 0 Å². The van der Waals surface area contributed by atoms with Gasteiger partial charge in [-0.15, -0.1) is 0 Å². The van der Waals surface area contributed by atoms with Crippen LogP contribution in [0.2, 0.25) is 5.02 Å². The van der Waals surface area contributed by atoms with Gasteiger partial charge in [-0.1, -0.05) is 39.7 Å². The van der Waals surface area contributed by atoms with Gasteiger partial charge >= 0.3 is 0 Å². The van der Waals surface area contributed by atoms with Crippen LogP contribution < -0.4 is 5.32 Å². The van der Waals surface area contributed by atoms with E-state index < -0.39 is 0 Å². The summed E-state index contributed by atoms with van der Waals surface area (Å²) in [7, 11) is 1.90. The van der Waals surface area contributed by atoms with E-state index in [-0.39, 0.29) is 11.9 Å². The lowest BCUT2D eigenvalue weighted by molar-refractivity contribution is 0.582. The lowest BCUT2D eigenvalue weighted by Gasteiger charge is -2.18. The molecule has 0 saturated carbocycles. The molecule has 1 N–H and O–H groups in total. The molecule has 0 amide bonds. The lowest BCUT2D eigenvalue weighted by atomic mass is 9.97. The van der Waals surface area contributed by atoms with Gasteiger partial charge in [0.1, 0.15) is 5.82 Å². The Hall–Kier alpha value is -0.900. The Balaban J connectivity index is 2.28. The van der Waals surface area contributed by atoms with Gasteiger partial charge in [-0.05, 0) is 61.3 Å². The molecule has 0 aliphatic heterocycles. The molecule has 0 spiro atoms. The first-order valence-electron chi connectivity index (χ1n) is 6.38. The number of halogens is 3. The van der Waals surface area contributed by atoms with Crippen LogP contribution in [0.25, 0.3) is 0 Å². The van der Waals surface area contributed by atoms with Crippen LogP contribution >= 0.6 is 27.5 Å². The molecule has 4 heteroatoms. The summed E-state index contributed by atoms with van der Waals surface area (Å²) in [5, 5.41) is 4.03. The molecule has 0 radical (unpaired) electrons. The molecular formula is C16H16BrClFN. The van der Waals surface area contributed by atoms with Crippen molar-refractivity contribution in [1.82, 2.24) is 5.32 Å². The fourth-order valence-electron chi connectivity index (χ4n) is 2.19. The summed E-state index contributed by atoms with van der Waals surface area (Å²) < 4.78 is 14.3. The molecule has 20 heavy (non-hydrogen) atoms. The van der Waals surface area contributed by atoms with E-state index in [0.717, 1.165) is 26.2 Å². The van der Waals surface area contributed by atoms with E-state index >= 15 is 0 Å². The summed E-state index contributed by atoms with van der Waals surface area (Å²) in [6.45, 7) is 1.98. The fourth-order valence-corrected chi connectivity index (χ4v) is 2.72. The first kappa shape index (κ1) is 15.5. The summed E-state index contributed by atoms with van der Waals surface area (Å²) in [5.41, 5.74) is 3.13. The highest BCUT2D eigenvalue weighted by Gasteiger charge is 2.13. The minimum Gasteiger partial charge on any atom is -0.313 e. The van der Waals surface area contributed by atoms with Gasteiger partial charge in [0, 0.05) is 15.5 Å². The molecule has 0 aliphatic carbocycles. The summed E-state index contributed by atoms with van der Waals surface area (Å²) in [6, 6.07) is 10.8. The minimum atomic E-state index is -0.217. The molecule has 2 aromatic rings. The van der Waals surface area contributed by atoms with Gasteiger partial charge in [0.2, 0.25) is 0 Å². The normalized spacial score (nSPS) is 12.4. The number of hydrogen-bond acceptors (Lipinski definition) is 1. The van der Waals surface area contributed by atoms with Gasteiger partial charge in [0.15, 0.2) is 0 Å². The van der Waals surface area contributed by atoms with Crippen LogP contribution in [0.5, 0.6) is 0 Å². The third-order valence-corrected chi connectivity index (χ3v) is 4.56. The molecule has 1 nitrogen and oxygen atoms in total. The second kappa shape index (κ2) is 6.70. The zero-order valence-electron chi connectivity index (χ0n) is 11.4. The Kier molecular flexibility index (Phi) is 5.19. The van der Waals surface area contributed by atoms with E-state index in [1.807, 2.05) is 26.1 Å². The zero-order valence-corrected chi connectivity index (χ0v) is 13.7. The molecule has 0 aliphatic rings. The Labute approximate surface area is 132 Å². The fraction of sp³-hybridized carbons (Fsp3) is 0.250. The van der Waals surface area contributed by atoms with Crippen LogP contribution in [0.4, 0.5) is 4.39 Å². The second-order valence-corrected chi connectivity index (χ2v) is 6.05. The monoisotopic (exact) mass is 355 g/mol. The maximum absolute atomic E-state index is 13.4. The zero-order chi connectivity index (χ0) is 14.7. The predicted octanol–water partition coefficient (Wildman–Crippen LogP) is 5.05. The highest BCUT2D eigenvalue weighted by Crippen LogP contribution is 2.26. The quantitative estimate of drug-likeness (QED) is 0.808. The van der Waals surface area contributed by atoms with E-state index in [1.165, 1.54) is 6.07 Å². The van der Waals surface area contributed by atoms with E-state index in [4.69, 9.17) is 11.6 Å². The highest BCUT2D eigenvalue weighted by atomic mass is 79.9. The molecule has 0 aromatic heterocycles. The molecule has 0 heterocycles. The maximum atomic E-state index is 13.4. The molecule has 2 aromatic carbocycles. The summed E-state index contributed by atoms with van der Waals surface area (Å²) in [6.07, 6.45) is 0.704. The average Bonchev–Trinajstić information content (AvgIpc) is 2.43. The minimum absolute atomic E-state index is 0.115. The third-order valence-electron chi connectivity index (χ3n) is 3.36. The number of aryl methyl sites for hydroxylation is 1. The van der Waals surface area contributed by atoms with E-state index in [9.17, 15) is 4.39 Å². The van der Waals surface area contributed by atoms with Crippen molar-refractivity contribution in [2.75, 3.05) is 7.05 Å². The number of likely N-dealkylation sites (N-methyl/N-ethyl adjacent to an activating group) is 1. The molecule has 1 atom stereocenters. The van der Waals surface area contributed by atoms with Crippen molar-refractivity contribution < 1.29 is 4.39 Å². The van der Waals surface area contributed by atoms with Gasteiger partial charge < -0.3 is 5.32 Å². The molecule has 106 valence electrons. The van der Waals surface area contributed by atoms with Gasteiger partial charge in [-0.2, -0.15) is 0 Å².